The SMILES string of the molecule is CCCc1ccc(C)cc1N1C(=O)CS/C1=N\C(=O)Nc1ccc(-c2cn(-c3ccc(S(F)(F)(F)(F)F)cc3)cn2)cc1F. The number of amidine groups is 1. The Balaban J connectivity index is 1.32. The number of benzene rings is 3. The highest BCUT2D eigenvalue weighted by Crippen LogP contribution is 3.02. The molecule has 3 aromatic carbocycles. The van der Waals surface area contributed by atoms with Crippen molar-refractivity contribution in [2.45, 2.75) is 31.6 Å². The third kappa shape index (κ3) is 6.78. The van der Waals surface area contributed by atoms with Crippen LogP contribution in [0.1, 0.15) is 24.5 Å². The summed E-state index contributed by atoms with van der Waals surface area (Å²) >= 11 is 1.10. The Hall–Kier alpha value is -4.24. The van der Waals surface area contributed by atoms with Crippen molar-refractivity contribution in [3.8, 4) is 16.9 Å². The van der Waals surface area contributed by atoms with Gasteiger partial charge in [-0.2, -0.15) is 4.99 Å². The molecule has 4 aromatic rings. The van der Waals surface area contributed by atoms with Gasteiger partial charge >= 0.3 is 16.3 Å². The first-order valence-electron chi connectivity index (χ1n) is 13.2. The Morgan fingerprint density at radius 2 is 1.77 bits per heavy atom. The van der Waals surface area contributed by atoms with Gasteiger partial charge in [-0.05, 0) is 66.9 Å². The van der Waals surface area contributed by atoms with E-state index in [1.54, 1.807) is 0 Å². The average Bonchev–Trinajstić information content (AvgIpc) is 3.57. The van der Waals surface area contributed by atoms with E-state index in [0.717, 1.165) is 53.9 Å². The fraction of sp³-hybridized carbons (Fsp3) is 0.172. The summed E-state index contributed by atoms with van der Waals surface area (Å²) in [7, 11) is -9.80. The molecule has 0 atom stereocenters. The second kappa shape index (κ2) is 10.7. The lowest BCUT2D eigenvalue weighted by Crippen LogP contribution is -2.31. The summed E-state index contributed by atoms with van der Waals surface area (Å²) in [5.41, 5.74) is 2.98. The molecule has 0 radical (unpaired) electrons. The van der Waals surface area contributed by atoms with E-state index in [0.29, 0.717) is 17.8 Å². The van der Waals surface area contributed by atoms with Crippen LogP contribution in [0.4, 0.5) is 40.0 Å². The van der Waals surface area contributed by atoms with Gasteiger partial charge in [-0.25, -0.2) is 14.2 Å². The van der Waals surface area contributed by atoms with E-state index in [-0.39, 0.29) is 39.5 Å². The van der Waals surface area contributed by atoms with E-state index in [1.807, 2.05) is 32.0 Å². The highest BCUT2D eigenvalue weighted by Gasteiger charge is 2.65. The topological polar surface area (TPSA) is 79.6 Å². The molecular formula is C29H25F6N5O2S2. The molecule has 0 spiro atoms. The number of nitrogens with one attached hydrogen (secondary N) is 1. The largest absolute Gasteiger partial charge is 0.347 e. The Labute approximate surface area is 252 Å². The number of amides is 3. The molecule has 1 fully saturated rings. The van der Waals surface area contributed by atoms with Crippen LogP contribution in [-0.2, 0) is 11.2 Å². The number of aliphatic imine (C=N–C) groups is 1. The number of hydrogen-bond donors (Lipinski definition) is 1. The van der Waals surface area contributed by atoms with Crippen LogP contribution in [0.15, 0.2) is 83.1 Å². The van der Waals surface area contributed by atoms with Crippen LogP contribution in [0.5, 0.6) is 0 Å². The lowest BCUT2D eigenvalue weighted by atomic mass is 10.0. The van der Waals surface area contributed by atoms with Gasteiger partial charge in [-0.3, -0.25) is 9.69 Å². The molecule has 5 rings (SSSR count). The number of anilines is 2. The van der Waals surface area contributed by atoms with Crippen LogP contribution in [0.3, 0.4) is 0 Å². The summed E-state index contributed by atoms with van der Waals surface area (Å²) in [4.78, 5) is 33.1. The van der Waals surface area contributed by atoms with Gasteiger partial charge in [0, 0.05) is 17.4 Å². The minimum atomic E-state index is -9.80. The Morgan fingerprint density at radius 1 is 1.05 bits per heavy atom. The van der Waals surface area contributed by atoms with Crippen molar-refractivity contribution >= 4 is 50.5 Å². The molecule has 0 bridgehead atoms. The molecular weight excluding hydrogens is 628 g/mol. The average molecular weight is 654 g/mol. The van der Waals surface area contributed by atoms with Gasteiger partial charge in [-0.15, -0.1) is 0 Å². The van der Waals surface area contributed by atoms with Gasteiger partial charge in [0.1, 0.15) is 10.7 Å². The molecule has 1 aromatic heterocycles. The summed E-state index contributed by atoms with van der Waals surface area (Å²) in [5, 5.41) is 2.55. The highest BCUT2D eigenvalue weighted by atomic mass is 32.5. The lowest BCUT2D eigenvalue weighted by molar-refractivity contribution is -0.115. The van der Waals surface area contributed by atoms with Crippen molar-refractivity contribution in [1.82, 2.24) is 9.55 Å². The van der Waals surface area contributed by atoms with Crippen LogP contribution in [0, 0.1) is 12.7 Å². The van der Waals surface area contributed by atoms with E-state index in [1.165, 1.54) is 34.1 Å². The van der Waals surface area contributed by atoms with Crippen molar-refractivity contribution in [2.75, 3.05) is 16.0 Å². The fourth-order valence-corrected chi connectivity index (χ4v) is 6.05. The summed E-state index contributed by atoms with van der Waals surface area (Å²) in [6.07, 6.45) is 4.20. The third-order valence-electron chi connectivity index (χ3n) is 6.63. The molecule has 15 heteroatoms. The first-order chi connectivity index (χ1) is 20.5. The first-order valence-corrected chi connectivity index (χ1v) is 16.1. The van der Waals surface area contributed by atoms with Gasteiger partial charge in [0.05, 0.1) is 29.1 Å². The van der Waals surface area contributed by atoms with Gasteiger partial charge in [-0.1, -0.05) is 62.7 Å². The summed E-state index contributed by atoms with van der Waals surface area (Å²) in [6, 6.07) is 11.0. The Morgan fingerprint density at radius 3 is 2.43 bits per heavy atom. The van der Waals surface area contributed by atoms with Gasteiger partial charge < -0.3 is 9.88 Å². The zero-order valence-electron chi connectivity index (χ0n) is 23.2. The number of aryl methyl sites for hydroxylation is 2. The summed E-state index contributed by atoms with van der Waals surface area (Å²) in [5.74, 6) is -0.946. The number of carbonyl (C=O) groups excluding carboxylic acids is 2. The van der Waals surface area contributed by atoms with E-state index >= 15 is 4.39 Å². The number of imidazole rings is 1. The number of nitrogens with zero attached hydrogens (tertiary/aromatic N) is 4. The van der Waals surface area contributed by atoms with Gasteiger partial charge in [0.25, 0.3) is 0 Å². The number of carbonyl (C=O) groups is 2. The lowest BCUT2D eigenvalue weighted by Gasteiger charge is -2.40. The van der Waals surface area contributed by atoms with E-state index in [4.69, 9.17) is 0 Å². The summed E-state index contributed by atoms with van der Waals surface area (Å²) in [6.45, 7) is 3.91. The van der Waals surface area contributed by atoms with Crippen LogP contribution >= 0.6 is 22.0 Å². The number of thioether (sulfide) groups is 1. The minimum Gasteiger partial charge on any atom is -0.306 e. The molecule has 1 saturated heterocycles. The van der Waals surface area contributed by atoms with Crippen LogP contribution < -0.4 is 10.2 Å². The van der Waals surface area contributed by atoms with E-state index in [9.17, 15) is 29.0 Å². The Bertz CT molecular complexity index is 1810. The molecule has 232 valence electrons. The Kier molecular flexibility index (Phi) is 7.61. The molecule has 7 nitrogen and oxygen atoms in total. The standard InChI is InChI=1S/C29H25F6N5O2S2/c1-3-4-19-6-5-18(2)13-26(19)40-27(41)16-43-29(40)38-28(42)37-24-12-7-20(14-23(24)30)25-15-39(17-36-25)21-8-10-22(11-9-21)44(31,32,33,34)35/h5-15,17H,3-4,16H2,1-2H3,(H,37,42)/b38-29-. The second-order valence-electron chi connectivity index (χ2n) is 10.0. The number of rotatable bonds is 7. The number of aromatic nitrogens is 2. The molecule has 1 aliphatic rings. The van der Waals surface area contributed by atoms with Gasteiger partial charge in [0.2, 0.25) is 5.91 Å². The molecule has 1 aliphatic heterocycles. The maximum absolute atomic E-state index is 15.0. The second-order valence-corrected chi connectivity index (χ2v) is 13.4. The van der Waals surface area contributed by atoms with Crippen molar-refractivity contribution in [2.24, 2.45) is 4.99 Å². The molecule has 0 aliphatic carbocycles. The molecule has 0 saturated carbocycles. The third-order valence-corrected chi connectivity index (χ3v) is 8.72. The number of urea groups is 1. The summed E-state index contributed by atoms with van der Waals surface area (Å²) < 4.78 is 81.4. The van der Waals surface area contributed by atoms with Crippen LogP contribution in [-0.4, -0.2) is 32.4 Å². The van der Waals surface area contributed by atoms with Crippen LogP contribution in [0.25, 0.3) is 16.9 Å². The molecule has 1 N–H and O–H groups in total. The quantitative estimate of drug-likeness (QED) is 0.202. The molecule has 44 heavy (non-hydrogen) atoms. The van der Waals surface area contributed by atoms with Gasteiger partial charge in [0.15, 0.2) is 5.17 Å². The van der Waals surface area contributed by atoms with E-state index in [2.05, 4.69) is 15.3 Å². The van der Waals surface area contributed by atoms with Crippen molar-refractivity contribution in [1.29, 1.82) is 0 Å². The van der Waals surface area contributed by atoms with E-state index < -0.39 is 27.0 Å². The normalized spacial score (nSPS) is 16.2. The molecule has 2 heterocycles. The van der Waals surface area contributed by atoms with Crippen LogP contribution in [0.2, 0.25) is 0 Å². The zero-order chi connectivity index (χ0) is 31.9. The first kappa shape index (κ1) is 31.2. The highest BCUT2D eigenvalue weighted by molar-refractivity contribution is 8.45. The predicted octanol–water partition coefficient (Wildman–Crippen LogP) is 9.26. The molecule has 0 unspecified atom stereocenters. The van der Waals surface area contributed by atoms with Crippen molar-refractivity contribution in [3.63, 3.8) is 0 Å². The van der Waals surface area contributed by atoms with Crippen molar-refractivity contribution in [3.05, 3.63) is 90.1 Å². The maximum atomic E-state index is 15.0. The number of hydrogen-bond acceptors (Lipinski definition) is 4. The number of halogens is 6. The smallest absolute Gasteiger partial charge is 0.306 e. The zero-order valence-corrected chi connectivity index (χ0v) is 24.9. The fourth-order valence-electron chi connectivity index (χ4n) is 4.54. The predicted molar refractivity (Wildman–Crippen MR) is 162 cm³/mol. The maximum Gasteiger partial charge on any atom is 0.347 e. The minimum absolute atomic E-state index is 0.0987. The monoisotopic (exact) mass is 653 g/mol. The molecule has 3 amide bonds. The van der Waals surface area contributed by atoms with Crippen molar-refractivity contribution < 1.29 is 33.4 Å².